The van der Waals surface area contributed by atoms with E-state index in [0.29, 0.717) is 6.42 Å². The summed E-state index contributed by atoms with van der Waals surface area (Å²) in [6.45, 7) is 9.06. The maximum atomic E-state index is 10.8. The van der Waals surface area contributed by atoms with Crippen molar-refractivity contribution < 1.29 is 18.8 Å². The van der Waals surface area contributed by atoms with E-state index in [1.807, 2.05) is 0 Å². The van der Waals surface area contributed by atoms with E-state index in [9.17, 15) is 5.11 Å². The number of hydrogen-bond acceptors (Lipinski definition) is 5. The molecule has 1 heterocycles. The van der Waals surface area contributed by atoms with Gasteiger partial charge >= 0.3 is 0 Å². The van der Waals surface area contributed by atoms with Crippen molar-refractivity contribution in [1.82, 2.24) is 0 Å². The number of aliphatic hydroxyl groups is 1. The molecule has 1 N–H and O–H groups in total. The molecule has 1 aliphatic carbocycles. The van der Waals surface area contributed by atoms with Crippen LogP contribution in [0.5, 0.6) is 0 Å². The van der Waals surface area contributed by atoms with Gasteiger partial charge in [0.1, 0.15) is 0 Å². The minimum Gasteiger partial charge on any atom is -0.392 e. The zero-order valence-electron chi connectivity index (χ0n) is 14.3. The number of epoxide rings is 1. The summed E-state index contributed by atoms with van der Waals surface area (Å²) in [5.41, 5.74) is 0.711. The summed E-state index contributed by atoms with van der Waals surface area (Å²) >= 11 is 4.02. The summed E-state index contributed by atoms with van der Waals surface area (Å²) in [7, 11) is 1.71. The predicted molar refractivity (Wildman–Crippen MR) is 89.9 cm³/mol. The molecule has 128 valence electrons. The van der Waals surface area contributed by atoms with Crippen molar-refractivity contribution >= 4 is 12.9 Å². The van der Waals surface area contributed by atoms with Gasteiger partial charge < -0.3 is 18.8 Å². The maximum absolute atomic E-state index is 10.8. The third-order valence-corrected chi connectivity index (χ3v) is 5.72. The molecular formula is C17H30O4S. The zero-order valence-corrected chi connectivity index (χ0v) is 15.2. The molecule has 0 radical (unpaired) electrons. The van der Waals surface area contributed by atoms with Crippen molar-refractivity contribution in [2.24, 2.45) is 11.3 Å². The van der Waals surface area contributed by atoms with Gasteiger partial charge in [0.25, 0.3) is 0 Å². The minimum atomic E-state index is -0.454. The average molecular weight is 330 g/mol. The molecule has 1 aliphatic heterocycles. The lowest BCUT2D eigenvalue weighted by molar-refractivity contribution is -0.144. The van der Waals surface area contributed by atoms with Crippen molar-refractivity contribution in [2.45, 2.75) is 70.9 Å². The van der Waals surface area contributed by atoms with Gasteiger partial charge in [-0.1, -0.05) is 25.5 Å². The zero-order chi connectivity index (χ0) is 16.5. The summed E-state index contributed by atoms with van der Waals surface area (Å²) in [4.78, 5) is 0. The van der Waals surface area contributed by atoms with Gasteiger partial charge in [0.15, 0.2) is 0 Å². The van der Waals surface area contributed by atoms with Crippen molar-refractivity contribution in [3.8, 4) is 0 Å². The molecule has 5 heteroatoms. The Balaban J connectivity index is 2.25. The van der Waals surface area contributed by atoms with Crippen LogP contribution in [0.3, 0.4) is 0 Å². The van der Waals surface area contributed by atoms with Gasteiger partial charge in [0.2, 0.25) is 0 Å². The first kappa shape index (κ1) is 18.3. The number of ether oxygens (including phenoxy) is 2. The summed E-state index contributed by atoms with van der Waals surface area (Å²) in [6, 6.07) is 0. The Morgan fingerprint density at radius 1 is 1.50 bits per heavy atom. The molecule has 4 nitrogen and oxygen atoms in total. The molecule has 1 spiro atoms. The molecule has 0 aromatic heterocycles. The number of rotatable bonds is 6. The van der Waals surface area contributed by atoms with Gasteiger partial charge in [0, 0.05) is 13.0 Å². The molecule has 5 atom stereocenters. The van der Waals surface area contributed by atoms with Crippen molar-refractivity contribution in [3.63, 3.8) is 0 Å². The van der Waals surface area contributed by atoms with E-state index in [1.165, 1.54) is 5.57 Å². The molecule has 1 saturated carbocycles. The Hall–Kier alpha value is -0.0700. The molecule has 0 amide bonds. The highest BCUT2D eigenvalue weighted by Gasteiger charge is 2.64. The van der Waals surface area contributed by atoms with Crippen LogP contribution in [-0.4, -0.2) is 42.7 Å². The Morgan fingerprint density at radius 3 is 2.59 bits per heavy atom. The van der Waals surface area contributed by atoms with Crippen LogP contribution in [-0.2, 0) is 13.7 Å². The SMILES string of the molecule is COC1C(OS)CC[C@]2(CO2)C1C(C)(C)[C@H](O)CC=C(C)C. The second-order valence-corrected chi connectivity index (χ2v) is 7.78. The van der Waals surface area contributed by atoms with Gasteiger partial charge in [0.05, 0.1) is 30.5 Å². The van der Waals surface area contributed by atoms with Gasteiger partial charge in [-0.05, 0) is 51.4 Å². The first-order valence-electron chi connectivity index (χ1n) is 8.07. The molecule has 2 fully saturated rings. The molecule has 0 aromatic carbocycles. The number of aliphatic hydroxyl groups excluding tert-OH is 1. The van der Waals surface area contributed by atoms with Crippen molar-refractivity contribution in [2.75, 3.05) is 13.7 Å². The average Bonchev–Trinajstić information content (AvgIpc) is 3.23. The summed E-state index contributed by atoms with van der Waals surface area (Å²) in [6.07, 6.45) is 3.90. The van der Waals surface area contributed by atoms with E-state index in [2.05, 4.69) is 46.7 Å². The summed E-state index contributed by atoms with van der Waals surface area (Å²) in [5.74, 6) is 0.0801. The molecule has 1 saturated heterocycles. The lowest BCUT2D eigenvalue weighted by Gasteiger charge is -2.49. The van der Waals surface area contributed by atoms with Crippen LogP contribution in [0.25, 0.3) is 0 Å². The molecule has 22 heavy (non-hydrogen) atoms. The quantitative estimate of drug-likeness (QED) is 0.340. The van der Waals surface area contributed by atoms with Gasteiger partial charge in [-0.2, -0.15) is 0 Å². The molecule has 0 bridgehead atoms. The van der Waals surface area contributed by atoms with Crippen LogP contribution < -0.4 is 0 Å². The van der Waals surface area contributed by atoms with E-state index >= 15 is 0 Å². The van der Waals surface area contributed by atoms with E-state index in [1.54, 1.807) is 7.11 Å². The van der Waals surface area contributed by atoms with E-state index in [-0.39, 0.29) is 29.1 Å². The number of methoxy groups -OCH3 is 1. The fraction of sp³-hybridized carbons (Fsp3) is 0.882. The van der Waals surface area contributed by atoms with Gasteiger partial charge in [-0.25, -0.2) is 0 Å². The van der Waals surface area contributed by atoms with Crippen molar-refractivity contribution in [3.05, 3.63) is 11.6 Å². The van der Waals surface area contributed by atoms with Crippen LogP contribution in [0.2, 0.25) is 0 Å². The van der Waals surface area contributed by atoms with Crippen LogP contribution in [0.1, 0.15) is 47.0 Å². The largest absolute Gasteiger partial charge is 0.392 e. The highest BCUT2D eigenvalue weighted by Crippen LogP contribution is 2.55. The topological polar surface area (TPSA) is 51.2 Å². The number of hydrogen-bond donors (Lipinski definition) is 2. The van der Waals surface area contributed by atoms with Crippen molar-refractivity contribution in [1.29, 1.82) is 0 Å². The molecular weight excluding hydrogens is 300 g/mol. The number of thiol groups is 1. The first-order valence-corrected chi connectivity index (χ1v) is 8.43. The fourth-order valence-corrected chi connectivity index (χ4v) is 4.22. The normalized spacial score (nSPS) is 36.2. The van der Waals surface area contributed by atoms with Crippen LogP contribution in [0.15, 0.2) is 11.6 Å². The second kappa shape index (κ2) is 6.81. The minimum absolute atomic E-state index is 0.0666. The lowest BCUT2D eigenvalue weighted by Crippen LogP contribution is -2.57. The Bertz CT molecular complexity index is 413. The number of allylic oxidation sites excluding steroid dienone is 1. The van der Waals surface area contributed by atoms with Gasteiger partial charge in [-0.15, -0.1) is 0 Å². The van der Waals surface area contributed by atoms with Crippen LogP contribution >= 0.6 is 12.9 Å². The highest BCUT2D eigenvalue weighted by molar-refractivity contribution is 7.75. The Labute approximate surface area is 139 Å². The fourth-order valence-electron chi connectivity index (χ4n) is 4.00. The standard InChI is InChI=1S/C17H30O4S/c1-11(2)6-7-13(18)16(3,4)15-14(19-5)12(21-22)8-9-17(15)10-20-17/h6,12-15,18,22H,7-10H2,1-5H3/t12?,13-,14?,15?,17+/m1/s1. The molecule has 3 unspecified atom stereocenters. The Kier molecular flexibility index (Phi) is 5.66. The maximum Gasteiger partial charge on any atom is 0.0985 e. The van der Waals surface area contributed by atoms with Crippen LogP contribution in [0.4, 0.5) is 0 Å². The lowest BCUT2D eigenvalue weighted by atomic mass is 9.60. The third kappa shape index (κ3) is 3.39. The van der Waals surface area contributed by atoms with E-state index in [4.69, 9.17) is 13.7 Å². The Morgan fingerprint density at radius 2 is 2.14 bits per heavy atom. The molecule has 0 aromatic rings. The van der Waals surface area contributed by atoms with Gasteiger partial charge in [-0.3, -0.25) is 0 Å². The molecule has 2 aliphatic rings. The highest BCUT2D eigenvalue weighted by atomic mass is 32.1. The smallest absolute Gasteiger partial charge is 0.0985 e. The van der Waals surface area contributed by atoms with Crippen LogP contribution in [0, 0.1) is 11.3 Å². The summed E-state index contributed by atoms with van der Waals surface area (Å²) < 4.78 is 17.0. The second-order valence-electron chi connectivity index (χ2n) is 7.57. The predicted octanol–water partition coefficient (Wildman–Crippen LogP) is 3.15. The third-order valence-electron chi connectivity index (χ3n) is 5.45. The molecule has 2 rings (SSSR count). The van der Waals surface area contributed by atoms with E-state index < -0.39 is 6.10 Å². The summed E-state index contributed by atoms with van der Waals surface area (Å²) in [5, 5.41) is 10.8. The monoisotopic (exact) mass is 330 g/mol. The van der Waals surface area contributed by atoms with E-state index in [0.717, 1.165) is 19.4 Å². The first-order chi connectivity index (χ1) is 10.3.